The zero-order chi connectivity index (χ0) is 21.1. The largest absolute Gasteiger partial charge is 0.489 e. The van der Waals surface area contributed by atoms with Crippen LogP contribution in [0.2, 0.25) is 0 Å². The SMILES string of the molecule is N#Cc1cc(CF)ccc1N1CCOc2cc(S(=O)(=O)Nc3ccncn3)ccc21. The third-order valence-electron chi connectivity index (χ3n) is 4.55. The van der Waals surface area contributed by atoms with Crippen molar-refractivity contribution >= 4 is 27.2 Å². The lowest BCUT2D eigenvalue weighted by Gasteiger charge is -2.32. The average Bonchev–Trinajstić information content (AvgIpc) is 2.78. The highest BCUT2D eigenvalue weighted by molar-refractivity contribution is 7.92. The van der Waals surface area contributed by atoms with Crippen LogP contribution in [0.25, 0.3) is 0 Å². The molecule has 152 valence electrons. The van der Waals surface area contributed by atoms with Crippen LogP contribution in [0.15, 0.2) is 59.9 Å². The molecule has 8 nitrogen and oxygen atoms in total. The van der Waals surface area contributed by atoms with Gasteiger partial charge in [-0.2, -0.15) is 5.26 Å². The maximum Gasteiger partial charge on any atom is 0.263 e. The zero-order valence-corrected chi connectivity index (χ0v) is 16.4. The Labute approximate surface area is 172 Å². The minimum Gasteiger partial charge on any atom is -0.489 e. The Morgan fingerprint density at radius 1 is 1.20 bits per heavy atom. The molecule has 1 N–H and O–H groups in total. The van der Waals surface area contributed by atoms with Gasteiger partial charge in [0.1, 0.15) is 37.2 Å². The second kappa shape index (κ2) is 7.96. The third kappa shape index (κ3) is 3.75. The van der Waals surface area contributed by atoms with Gasteiger partial charge in [0, 0.05) is 12.3 Å². The molecule has 4 rings (SSSR count). The number of sulfonamides is 1. The van der Waals surface area contributed by atoms with Gasteiger partial charge in [0.15, 0.2) is 0 Å². The number of nitrogens with one attached hydrogen (secondary N) is 1. The molecule has 0 spiro atoms. The van der Waals surface area contributed by atoms with E-state index in [4.69, 9.17) is 4.74 Å². The van der Waals surface area contributed by atoms with E-state index in [9.17, 15) is 18.1 Å². The van der Waals surface area contributed by atoms with E-state index in [2.05, 4.69) is 20.8 Å². The van der Waals surface area contributed by atoms with Gasteiger partial charge in [-0.25, -0.2) is 22.8 Å². The van der Waals surface area contributed by atoms with E-state index < -0.39 is 16.7 Å². The highest BCUT2D eigenvalue weighted by atomic mass is 32.2. The molecular formula is C20H16FN5O3S. The van der Waals surface area contributed by atoms with Crippen molar-refractivity contribution in [1.29, 1.82) is 5.26 Å². The summed E-state index contributed by atoms with van der Waals surface area (Å²) in [5, 5.41) is 9.48. The van der Waals surface area contributed by atoms with Crippen molar-refractivity contribution in [3.63, 3.8) is 0 Å². The van der Waals surface area contributed by atoms with Gasteiger partial charge >= 0.3 is 0 Å². The number of hydrogen-bond donors (Lipinski definition) is 1. The smallest absolute Gasteiger partial charge is 0.263 e. The summed E-state index contributed by atoms with van der Waals surface area (Å²) in [4.78, 5) is 9.48. The summed E-state index contributed by atoms with van der Waals surface area (Å²) >= 11 is 0. The van der Waals surface area contributed by atoms with Gasteiger partial charge in [-0.15, -0.1) is 0 Å². The maximum atomic E-state index is 13.0. The number of nitriles is 1. The van der Waals surface area contributed by atoms with Crippen molar-refractivity contribution in [2.45, 2.75) is 11.6 Å². The number of hydrogen-bond acceptors (Lipinski definition) is 7. The molecule has 0 atom stereocenters. The third-order valence-corrected chi connectivity index (χ3v) is 5.90. The summed E-state index contributed by atoms with van der Waals surface area (Å²) in [6, 6.07) is 12.8. The molecule has 3 aromatic rings. The zero-order valence-electron chi connectivity index (χ0n) is 15.6. The summed E-state index contributed by atoms with van der Waals surface area (Å²) in [6.45, 7) is 0.0999. The van der Waals surface area contributed by atoms with Crippen molar-refractivity contribution in [3.05, 3.63) is 66.1 Å². The number of aromatic nitrogens is 2. The summed E-state index contributed by atoms with van der Waals surface area (Å²) in [7, 11) is -3.88. The number of nitrogens with zero attached hydrogens (tertiary/aromatic N) is 4. The highest BCUT2D eigenvalue weighted by Gasteiger charge is 2.25. The summed E-state index contributed by atoms with van der Waals surface area (Å²) in [5.41, 5.74) is 1.97. The minimum absolute atomic E-state index is 0.00926. The van der Waals surface area contributed by atoms with Gasteiger partial charge in [0.2, 0.25) is 0 Å². The standard InChI is InChI=1S/C20H16FN5O3S/c21-11-14-1-3-17(15(9-14)12-22)26-7-8-29-19-10-16(2-4-18(19)26)30(27,28)25-20-5-6-23-13-24-20/h1-6,9-10,13H,7-8,11H2,(H,23,24,25). The predicted molar refractivity (Wildman–Crippen MR) is 108 cm³/mol. The predicted octanol–water partition coefficient (Wildman–Crippen LogP) is 3.15. The minimum atomic E-state index is -3.88. The first-order valence-corrected chi connectivity index (χ1v) is 10.4. The maximum absolute atomic E-state index is 13.0. The van der Waals surface area contributed by atoms with E-state index in [1.807, 2.05) is 4.90 Å². The fourth-order valence-corrected chi connectivity index (χ4v) is 4.18. The van der Waals surface area contributed by atoms with Crippen LogP contribution >= 0.6 is 0 Å². The Morgan fingerprint density at radius 3 is 2.77 bits per heavy atom. The van der Waals surface area contributed by atoms with E-state index >= 15 is 0 Å². The summed E-state index contributed by atoms with van der Waals surface area (Å²) < 4.78 is 46.4. The summed E-state index contributed by atoms with van der Waals surface area (Å²) in [5.74, 6) is 0.516. The molecule has 0 saturated heterocycles. The van der Waals surface area contributed by atoms with Crippen molar-refractivity contribution in [2.75, 3.05) is 22.8 Å². The Hall–Kier alpha value is -3.71. The molecular weight excluding hydrogens is 409 g/mol. The highest BCUT2D eigenvalue weighted by Crippen LogP contribution is 2.39. The van der Waals surface area contributed by atoms with E-state index in [-0.39, 0.29) is 10.7 Å². The van der Waals surface area contributed by atoms with Gasteiger partial charge in [-0.05, 0) is 35.9 Å². The van der Waals surface area contributed by atoms with Crippen LogP contribution in [0.1, 0.15) is 11.1 Å². The normalized spacial score (nSPS) is 13.1. The first-order chi connectivity index (χ1) is 14.5. The molecule has 1 aliphatic heterocycles. The number of anilines is 3. The van der Waals surface area contributed by atoms with Crippen LogP contribution in [-0.4, -0.2) is 31.5 Å². The summed E-state index contributed by atoms with van der Waals surface area (Å²) in [6.07, 6.45) is 2.67. The Morgan fingerprint density at radius 2 is 2.03 bits per heavy atom. The molecule has 0 fully saturated rings. The van der Waals surface area contributed by atoms with Crippen LogP contribution in [0, 0.1) is 11.3 Å². The molecule has 0 aliphatic carbocycles. The molecule has 2 aromatic carbocycles. The lowest BCUT2D eigenvalue weighted by Crippen LogP contribution is -2.29. The first kappa shape index (κ1) is 19.6. The van der Waals surface area contributed by atoms with Gasteiger partial charge in [-0.3, -0.25) is 4.72 Å². The fourth-order valence-electron chi connectivity index (χ4n) is 3.16. The van der Waals surface area contributed by atoms with Crippen LogP contribution in [0.3, 0.4) is 0 Å². The van der Waals surface area contributed by atoms with Crippen molar-refractivity contribution < 1.29 is 17.5 Å². The van der Waals surface area contributed by atoms with Crippen LogP contribution < -0.4 is 14.4 Å². The van der Waals surface area contributed by atoms with Crippen molar-refractivity contribution in [2.24, 2.45) is 0 Å². The van der Waals surface area contributed by atoms with Gasteiger partial charge < -0.3 is 9.64 Å². The lowest BCUT2D eigenvalue weighted by atomic mass is 10.1. The lowest BCUT2D eigenvalue weighted by molar-refractivity contribution is 0.313. The number of alkyl halides is 1. The number of halogens is 1. The van der Waals surface area contributed by atoms with E-state index in [0.29, 0.717) is 41.4 Å². The molecule has 30 heavy (non-hydrogen) atoms. The molecule has 1 aliphatic rings. The molecule has 0 saturated carbocycles. The van der Waals surface area contributed by atoms with Crippen LogP contribution in [0.4, 0.5) is 21.6 Å². The first-order valence-electron chi connectivity index (χ1n) is 8.94. The molecule has 2 heterocycles. The van der Waals surface area contributed by atoms with E-state index in [1.165, 1.54) is 36.8 Å². The molecule has 1 aromatic heterocycles. The van der Waals surface area contributed by atoms with Crippen molar-refractivity contribution in [1.82, 2.24) is 9.97 Å². The van der Waals surface area contributed by atoms with Crippen LogP contribution in [0.5, 0.6) is 5.75 Å². The van der Waals surface area contributed by atoms with Gasteiger partial charge in [0.25, 0.3) is 10.0 Å². The Balaban J connectivity index is 1.69. The Bertz CT molecular complexity index is 1230. The second-order valence-electron chi connectivity index (χ2n) is 6.43. The molecule has 0 unspecified atom stereocenters. The molecule has 0 bridgehead atoms. The van der Waals surface area contributed by atoms with Gasteiger partial charge in [-0.1, -0.05) is 6.07 Å². The number of benzene rings is 2. The van der Waals surface area contributed by atoms with Gasteiger partial charge in [0.05, 0.1) is 28.4 Å². The fraction of sp³-hybridized carbons (Fsp3) is 0.150. The number of fused-ring (bicyclic) bond motifs is 1. The average molecular weight is 425 g/mol. The van der Waals surface area contributed by atoms with E-state index in [1.54, 1.807) is 18.2 Å². The topological polar surface area (TPSA) is 108 Å². The number of rotatable bonds is 5. The second-order valence-corrected chi connectivity index (χ2v) is 8.11. The number of ether oxygens (including phenoxy) is 1. The molecule has 0 amide bonds. The molecule has 0 radical (unpaired) electrons. The monoisotopic (exact) mass is 425 g/mol. The Kier molecular flexibility index (Phi) is 5.20. The van der Waals surface area contributed by atoms with E-state index in [0.717, 1.165) is 0 Å². The quantitative estimate of drug-likeness (QED) is 0.669. The van der Waals surface area contributed by atoms with Crippen molar-refractivity contribution in [3.8, 4) is 11.8 Å². The van der Waals surface area contributed by atoms with Crippen LogP contribution in [-0.2, 0) is 16.7 Å². The molecule has 10 heteroatoms.